The number of ether oxygens (including phenoxy) is 1. The number of rotatable bonds is 0. The lowest BCUT2D eigenvalue weighted by atomic mass is 9.95. The van der Waals surface area contributed by atoms with Gasteiger partial charge in [0.25, 0.3) is 0 Å². The topological polar surface area (TPSA) is 9.23 Å². The minimum absolute atomic E-state index is 0.118. The van der Waals surface area contributed by atoms with Crippen molar-refractivity contribution in [2.24, 2.45) is 0 Å². The molecule has 19 heavy (non-hydrogen) atoms. The van der Waals surface area contributed by atoms with Crippen molar-refractivity contribution in [2.75, 3.05) is 13.2 Å². The van der Waals surface area contributed by atoms with Crippen LogP contribution >= 0.6 is 0 Å². The van der Waals surface area contributed by atoms with Gasteiger partial charge < -0.3 is 4.74 Å². The van der Waals surface area contributed by atoms with Gasteiger partial charge in [-0.1, -0.05) is 25.7 Å². The van der Waals surface area contributed by atoms with Gasteiger partial charge in [0.1, 0.15) is 6.17 Å². The highest BCUT2D eigenvalue weighted by Gasteiger charge is 2.36. The molecule has 1 aliphatic heterocycles. The van der Waals surface area contributed by atoms with Crippen molar-refractivity contribution in [2.45, 2.75) is 82.7 Å². The first-order valence-electron chi connectivity index (χ1n) is 7.70. The van der Waals surface area contributed by atoms with Gasteiger partial charge in [0.2, 0.25) is 5.92 Å². The Morgan fingerprint density at radius 3 is 1.05 bits per heavy atom. The molecule has 114 valence electrons. The van der Waals surface area contributed by atoms with Crippen LogP contribution < -0.4 is 0 Å². The van der Waals surface area contributed by atoms with E-state index in [4.69, 9.17) is 4.74 Å². The van der Waals surface area contributed by atoms with E-state index in [1.165, 1.54) is 32.1 Å². The van der Waals surface area contributed by atoms with Crippen LogP contribution in [-0.4, -0.2) is 25.3 Å². The van der Waals surface area contributed by atoms with E-state index in [2.05, 4.69) is 0 Å². The highest BCUT2D eigenvalue weighted by Crippen LogP contribution is 2.36. The van der Waals surface area contributed by atoms with E-state index in [9.17, 15) is 13.2 Å². The van der Waals surface area contributed by atoms with Crippen molar-refractivity contribution < 1.29 is 17.9 Å². The molecule has 1 heterocycles. The Labute approximate surface area is 114 Å². The molecule has 1 saturated heterocycles. The van der Waals surface area contributed by atoms with E-state index in [1.807, 2.05) is 0 Å². The Hall–Kier alpha value is -0.250. The molecule has 0 radical (unpaired) electrons. The Morgan fingerprint density at radius 1 is 0.737 bits per heavy atom. The van der Waals surface area contributed by atoms with Gasteiger partial charge in [-0.05, 0) is 32.1 Å². The van der Waals surface area contributed by atoms with E-state index in [0.29, 0.717) is 6.42 Å². The van der Waals surface area contributed by atoms with Crippen molar-refractivity contribution in [3.63, 3.8) is 0 Å². The van der Waals surface area contributed by atoms with Crippen molar-refractivity contribution in [1.29, 1.82) is 0 Å². The van der Waals surface area contributed by atoms with Gasteiger partial charge in [-0.25, -0.2) is 13.2 Å². The average molecular weight is 280 g/mol. The lowest BCUT2D eigenvalue weighted by Crippen LogP contribution is -2.24. The maximum atomic E-state index is 11.5. The first-order chi connectivity index (χ1) is 9.10. The summed E-state index contributed by atoms with van der Waals surface area (Å²) < 4.78 is 39.3. The van der Waals surface area contributed by atoms with Crippen LogP contribution in [0.1, 0.15) is 70.6 Å². The highest BCUT2D eigenvalue weighted by atomic mass is 19.3. The molecule has 0 N–H and O–H groups in total. The summed E-state index contributed by atoms with van der Waals surface area (Å²) in [7, 11) is 0. The molecule has 0 amide bonds. The van der Waals surface area contributed by atoms with Crippen molar-refractivity contribution in [3.05, 3.63) is 0 Å². The molecule has 0 aromatic heterocycles. The zero-order valence-corrected chi connectivity index (χ0v) is 11.8. The Kier molecular flexibility index (Phi) is 8.51. The smallest absolute Gasteiger partial charge is 0.248 e. The fourth-order valence-corrected chi connectivity index (χ4v) is 1.20. The molecule has 4 heteroatoms. The summed E-state index contributed by atoms with van der Waals surface area (Å²) >= 11 is 0. The molecule has 0 unspecified atom stereocenters. The van der Waals surface area contributed by atoms with Crippen LogP contribution in [0.25, 0.3) is 0 Å². The van der Waals surface area contributed by atoms with E-state index in [0.717, 1.165) is 32.5 Å². The molecule has 4 rings (SSSR count). The molecular formula is C15H27F3O. The third-order valence-electron chi connectivity index (χ3n) is 3.70. The zero-order chi connectivity index (χ0) is 14.0. The van der Waals surface area contributed by atoms with E-state index in [1.54, 1.807) is 0 Å². The Bertz CT molecular complexity index is 187. The second-order valence-corrected chi connectivity index (χ2v) is 5.62. The van der Waals surface area contributed by atoms with E-state index < -0.39 is 12.1 Å². The Morgan fingerprint density at radius 2 is 1.05 bits per heavy atom. The predicted octanol–water partition coefficient (Wildman–Crippen LogP) is 5.28. The van der Waals surface area contributed by atoms with E-state index in [-0.39, 0.29) is 12.8 Å². The van der Waals surface area contributed by atoms with Gasteiger partial charge >= 0.3 is 0 Å². The van der Waals surface area contributed by atoms with Gasteiger partial charge in [0.15, 0.2) is 0 Å². The number of hydrogen-bond acceptors (Lipinski definition) is 1. The summed E-state index contributed by atoms with van der Waals surface area (Å²) in [6.45, 7) is 2.00. The average Bonchev–Trinajstić information content (AvgIpc) is 2.08. The number of hydrogen-bond donors (Lipinski definition) is 0. The van der Waals surface area contributed by atoms with Gasteiger partial charge in [0, 0.05) is 26.1 Å². The summed E-state index contributed by atoms with van der Waals surface area (Å²) in [6.07, 6.45) is 10.5. The summed E-state index contributed by atoms with van der Waals surface area (Å²) in [5, 5.41) is 0. The molecule has 4 aliphatic rings. The molecule has 0 atom stereocenters. The largest absolute Gasteiger partial charge is 0.381 e. The lowest BCUT2D eigenvalue weighted by Gasteiger charge is -2.23. The first kappa shape index (κ1) is 16.8. The van der Waals surface area contributed by atoms with Gasteiger partial charge in [0.05, 0.1) is 0 Å². The summed E-state index contributed by atoms with van der Waals surface area (Å²) in [6, 6.07) is 0. The van der Waals surface area contributed by atoms with E-state index >= 15 is 0 Å². The van der Waals surface area contributed by atoms with Crippen LogP contribution in [-0.2, 0) is 4.74 Å². The molecule has 1 nitrogen and oxygen atoms in total. The second-order valence-electron chi connectivity index (χ2n) is 5.62. The van der Waals surface area contributed by atoms with Crippen LogP contribution in [0.4, 0.5) is 13.2 Å². The predicted molar refractivity (Wildman–Crippen MR) is 71.4 cm³/mol. The SMILES string of the molecule is C1CCC1.C1COC1.FC1(F)CCC1.FC1CCC1. The van der Waals surface area contributed by atoms with Gasteiger partial charge in [-0.3, -0.25) is 0 Å². The highest BCUT2D eigenvalue weighted by molar-refractivity contribution is 4.75. The molecular weight excluding hydrogens is 253 g/mol. The van der Waals surface area contributed by atoms with Crippen LogP contribution in [0.3, 0.4) is 0 Å². The normalized spacial score (nSPS) is 26.1. The summed E-state index contributed by atoms with van der Waals surface area (Å²) in [5.41, 5.74) is 0. The molecule has 0 aromatic carbocycles. The zero-order valence-electron chi connectivity index (χ0n) is 11.8. The second kappa shape index (κ2) is 9.62. The quantitative estimate of drug-likeness (QED) is 0.586. The standard InChI is InChI=1S/C4H6F2.C4H7F.C4H8.C3H6O/c5-4(6)2-1-3-4;5-4-2-1-3-4;2*1-2-4-3-1/h1-3H2;4H,1-3H2;1-4H2;1-3H2. The van der Waals surface area contributed by atoms with Crippen LogP contribution in [0.5, 0.6) is 0 Å². The van der Waals surface area contributed by atoms with Gasteiger partial charge in [-0.15, -0.1) is 0 Å². The maximum Gasteiger partial charge on any atom is 0.248 e. The molecule has 3 aliphatic carbocycles. The Balaban J connectivity index is 0.000000128. The van der Waals surface area contributed by atoms with Crippen LogP contribution in [0, 0.1) is 0 Å². The number of alkyl halides is 3. The molecule has 0 bridgehead atoms. The third-order valence-corrected chi connectivity index (χ3v) is 3.70. The van der Waals surface area contributed by atoms with Crippen LogP contribution in [0.2, 0.25) is 0 Å². The summed E-state index contributed by atoms with van der Waals surface area (Å²) in [5.74, 6) is -2.28. The maximum absolute atomic E-state index is 11.5. The lowest BCUT2D eigenvalue weighted by molar-refractivity contribution is -0.0717. The monoisotopic (exact) mass is 280 g/mol. The third kappa shape index (κ3) is 9.31. The van der Waals surface area contributed by atoms with Crippen molar-refractivity contribution in [3.8, 4) is 0 Å². The first-order valence-corrected chi connectivity index (χ1v) is 7.70. The molecule has 3 saturated carbocycles. The summed E-state index contributed by atoms with van der Waals surface area (Å²) in [4.78, 5) is 0. The van der Waals surface area contributed by atoms with Crippen LogP contribution in [0.15, 0.2) is 0 Å². The van der Waals surface area contributed by atoms with Crippen molar-refractivity contribution >= 4 is 0 Å². The molecule has 4 fully saturated rings. The minimum atomic E-state index is -2.28. The molecule has 0 aromatic rings. The van der Waals surface area contributed by atoms with Crippen molar-refractivity contribution in [1.82, 2.24) is 0 Å². The fourth-order valence-electron chi connectivity index (χ4n) is 1.20. The fraction of sp³-hybridized carbons (Fsp3) is 1.00. The number of halogens is 3. The molecule has 0 spiro atoms. The van der Waals surface area contributed by atoms with Gasteiger partial charge in [-0.2, -0.15) is 0 Å². The minimum Gasteiger partial charge on any atom is -0.381 e.